The van der Waals surface area contributed by atoms with Crippen LogP contribution in [0.5, 0.6) is 0 Å². The predicted molar refractivity (Wildman–Crippen MR) is 177 cm³/mol. The van der Waals surface area contributed by atoms with Crippen molar-refractivity contribution in [1.82, 2.24) is 0 Å². The standard InChI is InChI=1S/C37H62O12/c1-19-15-21(3)37(44,18-38)48-30(19)27-16-20(2)32(45-27)35(8)12-11-28(46-35)34(7)13-14-36(49-34)17-26(39)24(6)31(47-36)22(4)25(9-10-29(40)41)23(5)33(42)43/h19-28,30-32,38-39,44H,9-18H2,1-8H3,(H,40,41)(H,42,43)/t19-,20-,21+,22+,23-,24+,25+,26-,27+,28+,30-,31+,32+,34-,35-,36-,37-/m0/s1. The van der Waals surface area contributed by atoms with Crippen LogP contribution in [0, 0.1) is 41.4 Å². The summed E-state index contributed by atoms with van der Waals surface area (Å²) in [6, 6.07) is 0. The maximum Gasteiger partial charge on any atom is 0.306 e. The minimum absolute atomic E-state index is 0.144. The highest BCUT2D eigenvalue weighted by Crippen LogP contribution is 2.54. The molecule has 17 atom stereocenters. The molecular formula is C37H62O12. The first kappa shape index (κ1) is 38.8. The molecule has 5 heterocycles. The molecule has 0 aromatic heterocycles. The van der Waals surface area contributed by atoms with E-state index in [0.717, 1.165) is 25.7 Å². The van der Waals surface area contributed by atoms with Crippen LogP contribution in [0.15, 0.2) is 0 Å². The van der Waals surface area contributed by atoms with Gasteiger partial charge in [-0.15, -0.1) is 0 Å². The molecule has 0 amide bonds. The molecule has 0 unspecified atom stereocenters. The Morgan fingerprint density at radius 2 is 1.61 bits per heavy atom. The number of aliphatic carboxylic acids is 2. The monoisotopic (exact) mass is 698 g/mol. The number of carboxylic acids is 2. The van der Waals surface area contributed by atoms with Crippen LogP contribution in [0.4, 0.5) is 0 Å². The third-order valence-corrected chi connectivity index (χ3v) is 13.4. The zero-order valence-electron chi connectivity index (χ0n) is 30.7. The van der Waals surface area contributed by atoms with Gasteiger partial charge in [0, 0.05) is 31.1 Å². The van der Waals surface area contributed by atoms with Gasteiger partial charge >= 0.3 is 11.9 Å². The predicted octanol–water partition coefficient (Wildman–Crippen LogP) is 4.35. The van der Waals surface area contributed by atoms with Crippen molar-refractivity contribution in [3.63, 3.8) is 0 Å². The van der Waals surface area contributed by atoms with Gasteiger partial charge in [0.25, 0.3) is 0 Å². The molecule has 0 aromatic rings. The van der Waals surface area contributed by atoms with Gasteiger partial charge in [0.05, 0.1) is 60.4 Å². The van der Waals surface area contributed by atoms with Crippen LogP contribution in [0.1, 0.15) is 113 Å². The highest BCUT2D eigenvalue weighted by molar-refractivity contribution is 5.70. The van der Waals surface area contributed by atoms with Crippen molar-refractivity contribution >= 4 is 11.9 Å². The number of hydrogen-bond donors (Lipinski definition) is 5. The van der Waals surface area contributed by atoms with Gasteiger partial charge in [-0.2, -0.15) is 0 Å². The fraction of sp³-hybridized carbons (Fsp3) is 0.946. The van der Waals surface area contributed by atoms with E-state index in [0.29, 0.717) is 12.8 Å². The molecule has 5 aliphatic rings. The molecule has 0 aliphatic carbocycles. The minimum Gasteiger partial charge on any atom is -0.481 e. The lowest BCUT2D eigenvalue weighted by atomic mass is 9.72. The summed E-state index contributed by atoms with van der Waals surface area (Å²) in [4.78, 5) is 23.4. The molecule has 5 saturated heterocycles. The SMILES string of the molecule is C[C@H]([C@@H](CCC(=O)O)[C@H](C)C(=O)O)[C@H]1O[C@]2(CC[C@@](C)([C@H]3CC[C@@](C)([C@@H]4O[C@@H]([C@H]5O[C@@](O)(CO)[C@H](C)C[C@@H]5C)C[C@@H]4C)O3)O2)C[C@H](O)[C@H]1C. The van der Waals surface area contributed by atoms with Gasteiger partial charge in [-0.05, 0) is 76.0 Å². The van der Waals surface area contributed by atoms with E-state index in [4.69, 9.17) is 23.7 Å². The Hall–Kier alpha value is -1.38. The molecule has 0 radical (unpaired) electrons. The Kier molecular flexibility index (Phi) is 11.3. The molecule has 5 aliphatic heterocycles. The van der Waals surface area contributed by atoms with Crippen molar-refractivity contribution in [3.05, 3.63) is 0 Å². The summed E-state index contributed by atoms with van der Waals surface area (Å²) in [5.74, 6) is -6.34. The number of aliphatic hydroxyl groups is 3. The highest BCUT2D eigenvalue weighted by atomic mass is 16.7. The molecule has 282 valence electrons. The number of hydrogen-bond acceptors (Lipinski definition) is 10. The summed E-state index contributed by atoms with van der Waals surface area (Å²) in [5, 5.41) is 51.3. The van der Waals surface area contributed by atoms with E-state index in [1.165, 1.54) is 0 Å². The maximum atomic E-state index is 12.0. The minimum atomic E-state index is -1.58. The van der Waals surface area contributed by atoms with E-state index in [9.17, 15) is 35.1 Å². The average molecular weight is 699 g/mol. The lowest BCUT2D eigenvalue weighted by Crippen LogP contribution is -2.56. The number of carbonyl (C=O) groups is 2. The molecule has 0 saturated carbocycles. The molecular weight excluding hydrogens is 636 g/mol. The molecule has 0 bridgehead atoms. The number of rotatable bonds is 11. The third kappa shape index (κ3) is 7.45. The molecule has 49 heavy (non-hydrogen) atoms. The van der Waals surface area contributed by atoms with Crippen LogP contribution in [0.25, 0.3) is 0 Å². The first-order valence-corrected chi connectivity index (χ1v) is 18.6. The Morgan fingerprint density at radius 1 is 0.918 bits per heavy atom. The fourth-order valence-corrected chi connectivity index (χ4v) is 10.1. The summed E-state index contributed by atoms with van der Waals surface area (Å²) < 4.78 is 33.5. The largest absolute Gasteiger partial charge is 0.481 e. The van der Waals surface area contributed by atoms with Crippen molar-refractivity contribution in [2.75, 3.05) is 6.61 Å². The van der Waals surface area contributed by atoms with Crippen LogP contribution in [0.2, 0.25) is 0 Å². The van der Waals surface area contributed by atoms with Crippen molar-refractivity contribution in [2.24, 2.45) is 41.4 Å². The van der Waals surface area contributed by atoms with E-state index in [1.54, 1.807) is 6.92 Å². The second-order valence-electron chi connectivity index (χ2n) is 17.1. The second-order valence-corrected chi connectivity index (χ2v) is 17.1. The van der Waals surface area contributed by atoms with E-state index in [1.807, 2.05) is 27.7 Å². The van der Waals surface area contributed by atoms with E-state index in [2.05, 4.69) is 20.8 Å². The quantitative estimate of drug-likeness (QED) is 0.206. The second kappa shape index (κ2) is 14.2. The van der Waals surface area contributed by atoms with E-state index < -0.39 is 65.4 Å². The summed E-state index contributed by atoms with van der Waals surface area (Å²) >= 11 is 0. The molecule has 5 N–H and O–H groups in total. The first-order chi connectivity index (χ1) is 22.8. The smallest absolute Gasteiger partial charge is 0.306 e. The molecule has 0 aromatic carbocycles. The fourth-order valence-electron chi connectivity index (χ4n) is 10.1. The van der Waals surface area contributed by atoms with Gasteiger partial charge in [0.2, 0.25) is 0 Å². The molecule has 12 heteroatoms. The Morgan fingerprint density at radius 3 is 2.24 bits per heavy atom. The zero-order valence-corrected chi connectivity index (χ0v) is 30.7. The first-order valence-electron chi connectivity index (χ1n) is 18.6. The molecule has 5 rings (SSSR count). The van der Waals surface area contributed by atoms with Gasteiger partial charge in [-0.1, -0.05) is 41.5 Å². The van der Waals surface area contributed by atoms with E-state index >= 15 is 0 Å². The summed E-state index contributed by atoms with van der Waals surface area (Å²) in [6.45, 7) is 15.3. The average Bonchev–Trinajstić information content (AvgIpc) is 3.72. The number of ether oxygens (including phenoxy) is 5. The summed E-state index contributed by atoms with van der Waals surface area (Å²) in [7, 11) is 0. The summed E-state index contributed by atoms with van der Waals surface area (Å²) in [5.41, 5.74) is -1.28. The van der Waals surface area contributed by atoms with Crippen LogP contribution in [-0.4, -0.2) is 103 Å². The topological polar surface area (TPSA) is 181 Å². The third-order valence-electron chi connectivity index (χ3n) is 13.4. The Labute approximate surface area is 291 Å². The lowest BCUT2D eigenvalue weighted by Gasteiger charge is -2.49. The molecule has 1 spiro atoms. The van der Waals surface area contributed by atoms with Crippen LogP contribution in [0.3, 0.4) is 0 Å². The van der Waals surface area contributed by atoms with Crippen molar-refractivity contribution in [2.45, 2.75) is 173 Å². The highest BCUT2D eigenvalue weighted by Gasteiger charge is 2.61. The van der Waals surface area contributed by atoms with Crippen LogP contribution in [-0.2, 0) is 33.3 Å². The van der Waals surface area contributed by atoms with Gasteiger partial charge in [0.1, 0.15) is 0 Å². The normalized spacial score (nSPS) is 49.2. The molecule has 5 fully saturated rings. The van der Waals surface area contributed by atoms with Crippen molar-refractivity contribution < 1.29 is 58.8 Å². The number of carboxylic acid groups (broad SMARTS) is 2. The molecule has 12 nitrogen and oxygen atoms in total. The van der Waals surface area contributed by atoms with Crippen molar-refractivity contribution in [1.29, 1.82) is 0 Å². The van der Waals surface area contributed by atoms with Gasteiger partial charge in [-0.3, -0.25) is 9.59 Å². The van der Waals surface area contributed by atoms with Crippen LogP contribution < -0.4 is 0 Å². The Bertz CT molecular complexity index is 1200. The zero-order chi connectivity index (χ0) is 36.3. The van der Waals surface area contributed by atoms with Gasteiger partial charge < -0.3 is 49.2 Å². The maximum absolute atomic E-state index is 12.0. The lowest BCUT2D eigenvalue weighted by molar-refractivity contribution is -0.334. The number of aliphatic hydroxyl groups excluding tert-OH is 2. The van der Waals surface area contributed by atoms with E-state index in [-0.39, 0.29) is 73.3 Å². The van der Waals surface area contributed by atoms with Crippen molar-refractivity contribution in [3.8, 4) is 0 Å². The Balaban J connectivity index is 1.27. The summed E-state index contributed by atoms with van der Waals surface area (Å²) in [6.07, 6.45) is 2.26. The van der Waals surface area contributed by atoms with Crippen LogP contribution >= 0.6 is 0 Å². The van der Waals surface area contributed by atoms with Gasteiger partial charge in [-0.25, -0.2) is 0 Å². The van der Waals surface area contributed by atoms with Gasteiger partial charge in [0.15, 0.2) is 11.6 Å².